The first-order valence-corrected chi connectivity index (χ1v) is 8.55. The predicted molar refractivity (Wildman–Crippen MR) is 100 cm³/mol. The Morgan fingerprint density at radius 2 is 1.54 bits per heavy atom. The summed E-state index contributed by atoms with van der Waals surface area (Å²) in [6, 6.07) is 12.2. The molecule has 0 radical (unpaired) electrons. The number of urea groups is 1. The van der Waals surface area contributed by atoms with E-state index in [2.05, 4.69) is 20.9 Å². The van der Waals surface area contributed by atoms with Crippen LogP contribution >= 0.6 is 11.3 Å². The van der Waals surface area contributed by atoms with E-state index < -0.39 is 6.03 Å². The van der Waals surface area contributed by atoms with Crippen LogP contribution in [0.25, 0.3) is 0 Å². The minimum atomic E-state index is -0.531. The Bertz CT molecular complexity index is 923. The smallest absolute Gasteiger partial charge is 0.321 e. The second-order valence-electron chi connectivity index (χ2n) is 5.44. The average molecular weight is 370 g/mol. The molecule has 0 fully saturated rings. The first-order valence-electron chi connectivity index (χ1n) is 7.67. The summed E-state index contributed by atoms with van der Waals surface area (Å²) in [7, 11) is 0. The third kappa shape index (κ3) is 4.64. The summed E-state index contributed by atoms with van der Waals surface area (Å²) in [4.78, 5) is 28.2. The molecule has 8 heteroatoms. The molecule has 0 bridgehead atoms. The first kappa shape index (κ1) is 17.6. The van der Waals surface area contributed by atoms with Crippen LogP contribution in [0.3, 0.4) is 0 Å². The number of nitrogens with one attached hydrogen (secondary N) is 3. The molecule has 2 aromatic carbocycles. The highest BCUT2D eigenvalue weighted by molar-refractivity contribution is 7.14. The van der Waals surface area contributed by atoms with Crippen LogP contribution < -0.4 is 16.0 Å². The van der Waals surface area contributed by atoms with Crippen LogP contribution in [-0.2, 0) is 0 Å². The molecule has 0 aliphatic carbocycles. The van der Waals surface area contributed by atoms with E-state index in [1.54, 1.807) is 17.5 Å². The maximum atomic E-state index is 12.9. The van der Waals surface area contributed by atoms with Crippen molar-refractivity contribution in [3.8, 4) is 0 Å². The van der Waals surface area contributed by atoms with Gasteiger partial charge in [0.05, 0.1) is 0 Å². The molecule has 6 nitrogen and oxygen atoms in total. The van der Waals surface area contributed by atoms with Crippen LogP contribution in [0.5, 0.6) is 0 Å². The number of amides is 3. The van der Waals surface area contributed by atoms with E-state index in [9.17, 15) is 14.0 Å². The molecule has 0 unspecified atom stereocenters. The van der Waals surface area contributed by atoms with Crippen molar-refractivity contribution in [1.82, 2.24) is 4.98 Å². The number of aromatic nitrogens is 1. The number of aryl methyl sites for hydroxylation is 1. The van der Waals surface area contributed by atoms with Gasteiger partial charge in [0.15, 0.2) is 5.13 Å². The summed E-state index contributed by atoms with van der Waals surface area (Å²) in [5.74, 6) is -0.753. The van der Waals surface area contributed by atoms with Gasteiger partial charge in [0.2, 0.25) is 0 Å². The van der Waals surface area contributed by atoms with Crippen LogP contribution in [0.1, 0.15) is 16.1 Å². The van der Waals surface area contributed by atoms with Crippen molar-refractivity contribution in [1.29, 1.82) is 0 Å². The standard InChI is InChI=1S/C18H15FN4O2S/c1-11-2-6-13(7-3-11)20-16(24)15-10-26-18(22-15)23-17(25)21-14-8-4-12(19)5-9-14/h2-10H,1H3,(H,20,24)(H2,21,22,23,25). The minimum Gasteiger partial charge on any atom is -0.321 e. The molecular weight excluding hydrogens is 355 g/mol. The number of hydrogen-bond donors (Lipinski definition) is 3. The van der Waals surface area contributed by atoms with E-state index >= 15 is 0 Å². The van der Waals surface area contributed by atoms with Crippen molar-refractivity contribution in [3.63, 3.8) is 0 Å². The minimum absolute atomic E-state index is 0.202. The lowest BCUT2D eigenvalue weighted by molar-refractivity contribution is 0.102. The van der Waals surface area contributed by atoms with Gasteiger partial charge < -0.3 is 10.6 Å². The topological polar surface area (TPSA) is 83.1 Å². The van der Waals surface area contributed by atoms with Gasteiger partial charge in [-0.25, -0.2) is 14.2 Å². The Labute approximate surface area is 153 Å². The van der Waals surface area contributed by atoms with Crippen molar-refractivity contribution >= 4 is 39.8 Å². The first-order chi connectivity index (χ1) is 12.5. The van der Waals surface area contributed by atoms with Crippen molar-refractivity contribution in [2.24, 2.45) is 0 Å². The fourth-order valence-corrected chi connectivity index (χ4v) is 2.75. The lowest BCUT2D eigenvalue weighted by atomic mass is 10.2. The molecule has 3 rings (SSSR count). The van der Waals surface area contributed by atoms with Crippen molar-refractivity contribution in [2.75, 3.05) is 16.0 Å². The Balaban J connectivity index is 1.58. The fraction of sp³-hybridized carbons (Fsp3) is 0.0556. The molecule has 26 heavy (non-hydrogen) atoms. The monoisotopic (exact) mass is 370 g/mol. The Morgan fingerprint density at radius 1 is 0.923 bits per heavy atom. The Kier molecular flexibility index (Phi) is 5.23. The van der Waals surface area contributed by atoms with E-state index in [0.717, 1.165) is 16.9 Å². The van der Waals surface area contributed by atoms with E-state index in [-0.39, 0.29) is 22.5 Å². The number of carbonyl (C=O) groups excluding carboxylic acids is 2. The number of thiazole rings is 1. The lowest BCUT2D eigenvalue weighted by Crippen LogP contribution is -2.19. The van der Waals surface area contributed by atoms with Gasteiger partial charge in [-0.2, -0.15) is 0 Å². The zero-order chi connectivity index (χ0) is 18.5. The highest BCUT2D eigenvalue weighted by Crippen LogP contribution is 2.18. The molecule has 3 amide bonds. The summed E-state index contributed by atoms with van der Waals surface area (Å²) in [6.07, 6.45) is 0. The van der Waals surface area contributed by atoms with Crippen molar-refractivity contribution in [2.45, 2.75) is 6.92 Å². The average Bonchev–Trinajstić information content (AvgIpc) is 3.07. The second-order valence-corrected chi connectivity index (χ2v) is 6.30. The highest BCUT2D eigenvalue weighted by Gasteiger charge is 2.13. The molecule has 0 aliphatic rings. The highest BCUT2D eigenvalue weighted by atomic mass is 32.1. The van der Waals surface area contributed by atoms with E-state index in [0.29, 0.717) is 11.4 Å². The maximum Gasteiger partial charge on any atom is 0.325 e. The van der Waals surface area contributed by atoms with Crippen LogP contribution in [0.2, 0.25) is 0 Å². The fourth-order valence-electron chi connectivity index (χ4n) is 2.06. The van der Waals surface area contributed by atoms with E-state index in [4.69, 9.17) is 0 Å². The SMILES string of the molecule is Cc1ccc(NC(=O)c2csc(NC(=O)Nc3ccc(F)cc3)n2)cc1. The summed E-state index contributed by atoms with van der Waals surface area (Å²) in [5, 5.41) is 9.65. The molecule has 3 N–H and O–H groups in total. The second kappa shape index (κ2) is 7.75. The third-order valence-corrected chi connectivity index (χ3v) is 4.13. The van der Waals surface area contributed by atoms with E-state index in [1.807, 2.05) is 19.1 Å². The number of carbonyl (C=O) groups is 2. The molecule has 0 saturated carbocycles. The van der Waals surface area contributed by atoms with Crippen LogP contribution in [0.15, 0.2) is 53.9 Å². The quantitative estimate of drug-likeness (QED) is 0.633. The van der Waals surface area contributed by atoms with Crippen LogP contribution in [0.4, 0.5) is 25.7 Å². The zero-order valence-corrected chi connectivity index (χ0v) is 14.6. The molecule has 1 aromatic heterocycles. The maximum absolute atomic E-state index is 12.9. The van der Waals surface area contributed by atoms with Gasteiger partial charge in [0, 0.05) is 16.8 Å². The molecule has 3 aromatic rings. The molecule has 0 atom stereocenters. The van der Waals surface area contributed by atoms with Crippen LogP contribution in [-0.4, -0.2) is 16.9 Å². The Hall–Kier alpha value is -3.26. The van der Waals surface area contributed by atoms with Gasteiger partial charge in [0.25, 0.3) is 5.91 Å². The van der Waals surface area contributed by atoms with E-state index in [1.165, 1.54) is 24.3 Å². The summed E-state index contributed by atoms with van der Waals surface area (Å²) in [5.41, 5.74) is 2.40. The largest absolute Gasteiger partial charge is 0.325 e. The number of halogens is 1. The van der Waals surface area contributed by atoms with Gasteiger partial charge in [-0.1, -0.05) is 17.7 Å². The van der Waals surface area contributed by atoms with Gasteiger partial charge in [-0.15, -0.1) is 11.3 Å². The van der Waals surface area contributed by atoms with Gasteiger partial charge in [-0.05, 0) is 43.3 Å². The van der Waals surface area contributed by atoms with Crippen molar-refractivity contribution < 1.29 is 14.0 Å². The molecular formula is C18H15FN4O2S. The Morgan fingerprint density at radius 3 is 2.23 bits per heavy atom. The number of rotatable bonds is 4. The van der Waals surface area contributed by atoms with Crippen LogP contribution in [0, 0.1) is 12.7 Å². The summed E-state index contributed by atoms with van der Waals surface area (Å²) < 4.78 is 12.9. The number of nitrogens with zero attached hydrogens (tertiary/aromatic N) is 1. The van der Waals surface area contributed by atoms with Gasteiger partial charge in [-0.3, -0.25) is 10.1 Å². The molecule has 0 spiro atoms. The third-order valence-electron chi connectivity index (χ3n) is 3.37. The van der Waals surface area contributed by atoms with Gasteiger partial charge in [0.1, 0.15) is 11.5 Å². The normalized spacial score (nSPS) is 10.2. The summed E-state index contributed by atoms with van der Waals surface area (Å²) >= 11 is 1.13. The number of benzene rings is 2. The molecule has 0 aliphatic heterocycles. The lowest BCUT2D eigenvalue weighted by Gasteiger charge is -2.05. The molecule has 1 heterocycles. The summed E-state index contributed by atoms with van der Waals surface area (Å²) in [6.45, 7) is 1.96. The molecule has 132 valence electrons. The van der Waals surface area contributed by atoms with Gasteiger partial charge >= 0.3 is 6.03 Å². The predicted octanol–water partition coefficient (Wildman–Crippen LogP) is 4.49. The molecule has 0 saturated heterocycles. The van der Waals surface area contributed by atoms with Crippen molar-refractivity contribution in [3.05, 3.63) is 71.0 Å². The number of anilines is 3. The zero-order valence-electron chi connectivity index (χ0n) is 13.7. The number of hydrogen-bond acceptors (Lipinski definition) is 4.